The number of nitrogens with two attached hydrogens (primary N) is 1. The molecule has 3 rings (SSSR count). The molecule has 0 aliphatic rings. The van der Waals surface area contributed by atoms with Crippen LogP contribution in [0.25, 0.3) is 11.2 Å². The smallest absolute Gasteiger partial charge is 0.302 e. The summed E-state index contributed by atoms with van der Waals surface area (Å²) < 4.78 is 12.0. The van der Waals surface area contributed by atoms with Gasteiger partial charge in [-0.2, -0.15) is 4.98 Å². The van der Waals surface area contributed by atoms with Gasteiger partial charge in [-0.15, -0.1) is 0 Å². The fourth-order valence-electron chi connectivity index (χ4n) is 2.20. The molecule has 3 aromatic rings. The number of carbonyl (C=O) groups is 1. The van der Waals surface area contributed by atoms with Gasteiger partial charge in [0.1, 0.15) is 13.3 Å². The van der Waals surface area contributed by atoms with Crippen molar-refractivity contribution in [2.45, 2.75) is 23.7 Å². The van der Waals surface area contributed by atoms with Crippen molar-refractivity contribution >= 4 is 34.8 Å². The quantitative estimate of drug-likeness (QED) is 0.469. The number of imidazole rings is 1. The standard InChI is InChI=1S/C16H17N5O4S/c1-10(22)25-8-7-24-9-21-13-12(14(23)20-15(17)19-13)18-16(21)26-11-5-3-2-4-6-11/h2-6H,7-9H2,1H3,(H3,17,19,20,23). The minimum Gasteiger partial charge on any atom is -0.463 e. The zero-order valence-electron chi connectivity index (χ0n) is 14.0. The number of hydrogen-bond acceptors (Lipinski definition) is 8. The Hall–Kier alpha value is -2.85. The minimum atomic E-state index is -0.416. The fourth-order valence-corrected chi connectivity index (χ4v) is 3.09. The Morgan fingerprint density at radius 1 is 1.27 bits per heavy atom. The molecule has 0 fully saturated rings. The Morgan fingerprint density at radius 2 is 2.04 bits per heavy atom. The lowest BCUT2D eigenvalue weighted by Crippen LogP contribution is -2.14. The van der Waals surface area contributed by atoms with E-state index in [0.29, 0.717) is 10.8 Å². The molecular weight excluding hydrogens is 358 g/mol. The van der Waals surface area contributed by atoms with Crippen LogP contribution in [-0.2, 0) is 21.0 Å². The number of ether oxygens (including phenoxy) is 2. The SMILES string of the molecule is CC(=O)OCCOCn1c(Sc2ccccc2)nc2c(=O)[nH]c(N)nc21. The lowest BCUT2D eigenvalue weighted by atomic mass is 10.4. The molecule has 9 nitrogen and oxygen atoms in total. The average Bonchev–Trinajstić information content (AvgIpc) is 2.93. The van der Waals surface area contributed by atoms with Crippen LogP contribution in [0.1, 0.15) is 6.92 Å². The van der Waals surface area contributed by atoms with E-state index in [9.17, 15) is 9.59 Å². The number of aromatic nitrogens is 4. The second-order valence-corrected chi connectivity index (χ2v) is 6.28. The van der Waals surface area contributed by atoms with E-state index in [1.165, 1.54) is 18.7 Å². The first kappa shape index (κ1) is 18.0. The van der Waals surface area contributed by atoms with Gasteiger partial charge < -0.3 is 15.2 Å². The van der Waals surface area contributed by atoms with Crippen LogP contribution in [0.15, 0.2) is 45.2 Å². The van der Waals surface area contributed by atoms with Gasteiger partial charge in [0.05, 0.1) is 6.61 Å². The molecule has 2 heterocycles. The highest BCUT2D eigenvalue weighted by Gasteiger charge is 2.17. The van der Waals surface area contributed by atoms with E-state index in [2.05, 4.69) is 15.0 Å². The van der Waals surface area contributed by atoms with Gasteiger partial charge in [-0.1, -0.05) is 30.0 Å². The van der Waals surface area contributed by atoms with Gasteiger partial charge in [0.15, 0.2) is 16.3 Å². The number of carbonyl (C=O) groups excluding carboxylic acids is 1. The van der Waals surface area contributed by atoms with Crippen LogP contribution in [0.2, 0.25) is 0 Å². The number of nitrogens with one attached hydrogen (secondary N) is 1. The first-order valence-electron chi connectivity index (χ1n) is 7.74. The summed E-state index contributed by atoms with van der Waals surface area (Å²) in [5, 5.41) is 0.544. The molecule has 0 aliphatic heterocycles. The maximum Gasteiger partial charge on any atom is 0.302 e. The van der Waals surface area contributed by atoms with Crippen LogP contribution in [0.5, 0.6) is 0 Å². The van der Waals surface area contributed by atoms with Crippen molar-refractivity contribution in [1.82, 2.24) is 19.5 Å². The molecule has 3 N–H and O–H groups in total. The highest BCUT2D eigenvalue weighted by atomic mass is 32.2. The van der Waals surface area contributed by atoms with E-state index in [4.69, 9.17) is 15.2 Å². The van der Waals surface area contributed by atoms with E-state index >= 15 is 0 Å². The largest absolute Gasteiger partial charge is 0.463 e. The predicted molar refractivity (Wildman–Crippen MR) is 95.7 cm³/mol. The van der Waals surface area contributed by atoms with Gasteiger partial charge in [0.2, 0.25) is 5.95 Å². The van der Waals surface area contributed by atoms with Crippen molar-refractivity contribution in [3.05, 3.63) is 40.7 Å². The van der Waals surface area contributed by atoms with Crippen LogP contribution < -0.4 is 11.3 Å². The second kappa shape index (κ2) is 8.02. The summed E-state index contributed by atoms with van der Waals surface area (Å²) in [6, 6.07) is 9.60. The van der Waals surface area contributed by atoms with Crippen molar-refractivity contribution in [1.29, 1.82) is 0 Å². The Morgan fingerprint density at radius 3 is 2.77 bits per heavy atom. The number of esters is 1. The van der Waals surface area contributed by atoms with Gasteiger partial charge in [-0.05, 0) is 12.1 Å². The molecule has 0 radical (unpaired) electrons. The molecule has 0 aliphatic carbocycles. The van der Waals surface area contributed by atoms with E-state index in [1.54, 1.807) is 4.57 Å². The van der Waals surface area contributed by atoms with E-state index in [0.717, 1.165) is 4.90 Å². The van der Waals surface area contributed by atoms with Crippen molar-refractivity contribution in [2.24, 2.45) is 0 Å². The van der Waals surface area contributed by atoms with Gasteiger partial charge in [0, 0.05) is 11.8 Å². The van der Waals surface area contributed by atoms with Crippen LogP contribution in [0.3, 0.4) is 0 Å². The second-order valence-electron chi connectivity index (χ2n) is 5.24. The molecule has 0 saturated carbocycles. The van der Waals surface area contributed by atoms with E-state index < -0.39 is 5.56 Å². The number of nitrogen functional groups attached to an aromatic ring is 1. The molecule has 0 saturated heterocycles. The zero-order valence-corrected chi connectivity index (χ0v) is 14.8. The fraction of sp³-hybridized carbons (Fsp3) is 0.250. The van der Waals surface area contributed by atoms with Crippen LogP contribution in [0.4, 0.5) is 5.95 Å². The molecule has 0 unspecified atom stereocenters. The molecule has 0 bridgehead atoms. The highest BCUT2D eigenvalue weighted by Crippen LogP contribution is 2.28. The Bertz CT molecular complexity index is 970. The van der Waals surface area contributed by atoms with Gasteiger partial charge in [-0.25, -0.2) is 4.98 Å². The van der Waals surface area contributed by atoms with Gasteiger partial charge in [-0.3, -0.25) is 19.1 Å². The number of hydrogen-bond donors (Lipinski definition) is 2. The molecule has 136 valence electrons. The third-order valence-corrected chi connectivity index (χ3v) is 4.30. The van der Waals surface area contributed by atoms with Crippen LogP contribution in [-0.4, -0.2) is 38.7 Å². The van der Waals surface area contributed by atoms with Crippen molar-refractivity contribution in [3.63, 3.8) is 0 Å². The molecule has 0 atom stereocenters. The third kappa shape index (κ3) is 4.21. The summed E-state index contributed by atoms with van der Waals surface area (Å²) in [6.45, 7) is 1.76. The zero-order chi connectivity index (χ0) is 18.5. The average molecular weight is 375 g/mol. The Balaban J connectivity index is 1.88. The minimum absolute atomic E-state index is 0.000163. The normalized spacial score (nSPS) is 11.0. The number of H-pyrrole nitrogens is 1. The molecule has 0 spiro atoms. The molecule has 0 amide bonds. The lowest BCUT2D eigenvalue weighted by Gasteiger charge is -2.09. The number of anilines is 1. The molecule has 2 aromatic heterocycles. The third-order valence-electron chi connectivity index (χ3n) is 3.29. The predicted octanol–water partition coefficient (Wildman–Crippen LogP) is 1.39. The topological polar surface area (TPSA) is 125 Å². The maximum absolute atomic E-state index is 12.1. The molecule has 26 heavy (non-hydrogen) atoms. The van der Waals surface area contributed by atoms with Gasteiger partial charge >= 0.3 is 5.97 Å². The van der Waals surface area contributed by atoms with Crippen LogP contribution in [0, 0.1) is 0 Å². The molecular formula is C16H17N5O4S. The van der Waals surface area contributed by atoms with Crippen LogP contribution >= 0.6 is 11.8 Å². The van der Waals surface area contributed by atoms with E-state index in [1.807, 2.05) is 30.3 Å². The van der Waals surface area contributed by atoms with Gasteiger partial charge in [0.25, 0.3) is 5.56 Å². The summed E-state index contributed by atoms with van der Waals surface area (Å²) in [5.74, 6) is -0.372. The summed E-state index contributed by atoms with van der Waals surface area (Å²) >= 11 is 1.38. The summed E-state index contributed by atoms with van der Waals surface area (Å²) in [7, 11) is 0. The number of rotatable bonds is 7. The summed E-state index contributed by atoms with van der Waals surface area (Å²) in [6.07, 6.45) is 0. The highest BCUT2D eigenvalue weighted by molar-refractivity contribution is 7.99. The molecule has 1 aromatic carbocycles. The van der Waals surface area contributed by atoms with Crippen molar-refractivity contribution in [3.8, 4) is 0 Å². The summed E-state index contributed by atoms with van der Waals surface area (Å²) in [4.78, 5) is 34.8. The first-order chi connectivity index (χ1) is 12.5. The summed E-state index contributed by atoms with van der Waals surface area (Å²) in [5.41, 5.74) is 5.75. The Labute approximate surface area is 152 Å². The Kier molecular flexibility index (Phi) is 5.54. The molecule has 10 heteroatoms. The monoisotopic (exact) mass is 375 g/mol. The lowest BCUT2D eigenvalue weighted by molar-refractivity contribution is -0.142. The maximum atomic E-state index is 12.1. The van der Waals surface area contributed by atoms with E-state index in [-0.39, 0.29) is 37.4 Å². The number of aromatic amines is 1. The van der Waals surface area contributed by atoms with Crippen molar-refractivity contribution < 1.29 is 14.3 Å². The number of nitrogens with zero attached hydrogens (tertiary/aromatic N) is 3. The number of benzene rings is 1. The number of fused-ring (bicyclic) bond motifs is 1. The van der Waals surface area contributed by atoms with Crippen molar-refractivity contribution in [2.75, 3.05) is 18.9 Å². The first-order valence-corrected chi connectivity index (χ1v) is 8.56.